The van der Waals surface area contributed by atoms with E-state index in [4.69, 9.17) is 5.73 Å². The number of ether oxygens (including phenoxy) is 2. The van der Waals surface area contributed by atoms with Crippen LogP contribution in [0.5, 0.6) is 11.5 Å². The van der Waals surface area contributed by atoms with Crippen molar-refractivity contribution in [3.8, 4) is 17.2 Å². The molecule has 1 spiro atoms. The molecule has 3 N–H and O–H groups in total. The third-order valence-corrected chi connectivity index (χ3v) is 9.05. The first-order valence-corrected chi connectivity index (χ1v) is 13.5. The van der Waals surface area contributed by atoms with Gasteiger partial charge in [-0.25, -0.2) is 4.98 Å². The zero-order valence-electron chi connectivity index (χ0n) is 20.8. The highest BCUT2D eigenvalue weighted by molar-refractivity contribution is 7.99. The molecule has 4 aromatic rings. The zero-order chi connectivity index (χ0) is 26.8. The highest BCUT2D eigenvalue weighted by atomic mass is 32.2. The van der Waals surface area contributed by atoms with Crippen LogP contribution >= 0.6 is 11.8 Å². The van der Waals surface area contributed by atoms with Crippen LogP contribution in [0.4, 0.5) is 14.7 Å². The number of nitrogens with two attached hydrogens (primary N) is 1. The number of aromatic nitrogens is 3. The summed E-state index contributed by atoms with van der Waals surface area (Å²) >= 11 is 1.00. The van der Waals surface area contributed by atoms with Crippen LogP contribution in [0.25, 0.3) is 5.69 Å². The minimum absolute atomic E-state index is 0.0257. The summed E-state index contributed by atoms with van der Waals surface area (Å²) < 4.78 is 38.3. The van der Waals surface area contributed by atoms with Gasteiger partial charge in [0.15, 0.2) is 11.5 Å². The van der Waals surface area contributed by atoms with Crippen molar-refractivity contribution < 1.29 is 18.3 Å². The molecule has 0 saturated carbocycles. The molecule has 7 rings (SSSR count). The first kappa shape index (κ1) is 24.2. The molecule has 11 heteroatoms. The molecule has 1 fully saturated rings. The minimum atomic E-state index is -3.73. The van der Waals surface area contributed by atoms with Gasteiger partial charge in [-0.3, -0.25) is 9.78 Å². The zero-order valence-corrected chi connectivity index (χ0v) is 21.6. The molecular formula is C28H25F2N5O3S. The van der Waals surface area contributed by atoms with Crippen molar-refractivity contribution in [1.29, 1.82) is 0 Å². The van der Waals surface area contributed by atoms with Crippen LogP contribution in [0.2, 0.25) is 0 Å². The number of benzene rings is 2. The number of hydrogen-bond acceptors (Lipinski definition) is 7. The number of alkyl halides is 2. The van der Waals surface area contributed by atoms with Crippen molar-refractivity contribution >= 4 is 17.7 Å². The summed E-state index contributed by atoms with van der Waals surface area (Å²) in [7, 11) is 0. The summed E-state index contributed by atoms with van der Waals surface area (Å²) in [5.74, 6) is 0.329. The second kappa shape index (κ2) is 8.85. The van der Waals surface area contributed by atoms with E-state index in [0.717, 1.165) is 36.7 Å². The van der Waals surface area contributed by atoms with Gasteiger partial charge >= 0.3 is 6.29 Å². The fourth-order valence-corrected chi connectivity index (χ4v) is 6.79. The van der Waals surface area contributed by atoms with Gasteiger partial charge in [0.1, 0.15) is 0 Å². The summed E-state index contributed by atoms with van der Waals surface area (Å²) in [6, 6.07) is 15.1. The molecule has 3 aliphatic rings. The van der Waals surface area contributed by atoms with Gasteiger partial charge in [0.2, 0.25) is 5.95 Å². The number of rotatable bonds is 4. The third kappa shape index (κ3) is 4.16. The number of nitrogens with zero attached hydrogens (tertiary/aromatic N) is 3. The summed E-state index contributed by atoms with van der Waals surface area (Å²) in [4.78, 5) is 22.9. The Morgan fingerprint density at radius 2 is 1.85 bits per heavy atom. The molecule has 0 bridgehead atoms. The number of nitrogens with one attached hydrogen (secondary N) is 1. The number of para-hydroxylation sites is 1. The molecule has 4 heterocycles. The Morgan fingerprint density at radius 1 is 1.05 bits per heavy atom. The van der Waals surface area contributed by atoms with Gasteiger partial charge in [0.25, 0.3) is 5.56 Å². The van der Waals surface area contributed by atoms with E-state index in [9.17, 15) is 13.6 Å². The fourth-order valence-electron chi connectivity index (χ4n) is 5.92. The van der Waals surface area contributed by atoms with E-state index in [1.165, 1.54) is 23.4 Å². The Labute approximate surface area is 226 Å². The minimum Gasteiger partial charge on any atom is -0.395 e. The first-order chi connectivity index (χ1) is 18.8. The van der Waals surface area contributed by atoms with Crippen molar-refractivity contribution in [2.45, 2.75) is 41.4 Å². The Hall–Kier alpha value is -3.83. The Balaban J connectivity index is 1.05. The molecule has 200 valence electrons. The number of fused-ring (bicyclic) bond motifs is 2. The number of H-pyrrole nitrogens is 1. The lowest BCUT2D eigenvalue weighted by atomic mass is 9.73. The summed E-state index contributed by atoms with van der Waals surface area (Å²) in [6.07, 6.45) is 4.49. The summed E-state index contributed by atoms with van der Waals surface area (Å²) in [5, 5.41) is 0. The summed E-state index contributed by atoms with van der Waals surface area (Å²) in [6.45, 7) is 1.43. The molecule has 0 radical (unpaired) electrons. The van der Waals surface area contributed by atoms with Gasteiger partial charge in [-0.05, 0) is 72.2 Å². The van der Waals surface area contributed by atoms with Crippen molar-refractivity contribution in [2.24, 2.45) is 11.1 Å². The van der Waals surface area contributed by atoms with Gasteiger partial charge in [-0.15, -0.1) is 8.78 Å². The van der Waals surface area contributed by atoms with Crippen molar-refractivity contribution in [3.63, 3.8) is 0 Å². The quantitative estimate of drug-likeness (QED) is 0.375. The number of hydrogen-bond donors (Lipinski definition) is 2. The lowest BCUT2D eigenvalue weighted by Crippen LogP contribution is -2.45. The van der Waals surface area contributed by atoms with Crippen LogP contribution < -0.4 is 25.7 Å². The van der Waals surface area contributed by atoms with Crippen molar-refractivity contribution in [1.82, 2.24) is 14.5 Å². The molecular weight excluding hydrogens is 524 g/mol. The number of halogens is 2. The van der Waals surface area contributed by atoms with Gasteiger partial charge in [0.05, 0.1) is 16.0 Å². The van der Waals surface area contributed by atoms with Gasteiger partial charge in [-0.1, -0.05) is 23.9 Å². The summed E-state index contributed by atoms with van der Waals surface area (Å²) in [5.41, 5.74) is 10.1. The molecule has 1 aliphatic carbocycles. The highest BCUT2D eigenvalue weighted by Crippen LogP contribution is 2.51. The van der Waals surface area contributed by atoms with E-state index in [-0.39, 0.29) is 33.4 Å². The second-order valence-electron chi connectivity index (χ2n) is 10.2. The van der Waals surface area contributed by atoms with Crippen molar-refractivity contribution in [2.75, 3.05) is 18.0 Å². The standard InChI is InChI=1S/C28H25F2N5O3S/c29-28(30)37-20-4-3-5-21(23(20)38-28)39-22-16-32-26(33-25(22)36)35-12-8-27(9-13-35)15-17-6-7-18(14-19(17)24(27)31)34-10-1-2-11-34/h1-7,10-11,14,16,24H,8-9,12-13,15,31H2,(H,32,33,36)/t24-/m1/s1. The van der Waals surface area contributed by atoms with E-state index in [1.807, 2.05) is 24.5 Å². The second-order valence-corrected chi connectivity index (χ2v) is 11.3. The van der Waals surface area contributed by atoms with Gasteiger partial charge in [-0.2, -0.15) is 0 Å². The van der Waals surface area contributed by atoms with Crippen LogP contribution in [0.3, 0.4) is 0 Å². The maximum atomic E-state index is 13.5. The molecule has 1 saturated heterocycles. The Morgan fingerprint density at radius 3 is 2.62 bits per heavy atom. The van der Waals surface area contributed by atoms with E-state index < -0.39 is 6.29 Å². The van der Waals surface area contributed by atoms with Crippen LogP contribution in [-0.4, -0.2) is 33.9 Å². The molecule has 1 atom stereocenters. The Bertz CT molecular complexity index is 1620. The molecule has 39 heavy (non-hydrogen) atoms. The molecule has 2 aromatic heterocycles. The highest BCUT2D eigenvalue weighted by Gasteiger charge is 2.47. The molecule has 2 aliphatic heterocycles. The largest absolute Gasteiger partial charge is 0.586 e. The predicted octanol–water partition coefficient (Wildman–Crippen LogP) is 4.88. The predicted molar refractivity (Wildman–Crippen MR) is 142 cm³/mol. The molecule has 0 amide bonds. The molecule has 8 nitrogen and oxygen atoms in total. The number of piperidine rings is 1. The lowest BCUT2D eigenvalue weighted by Gasteiger charge is -2.42. The Kier molecular flexibility index (Phi) is 5.50. The monoisotopic (exact) mass is 549 g/mol. The molecule has 2 aromatic carbocycles. The average molecular weight is 550 g/mol. The third-order valence-electron chi connectivity index (χ3n) is 7.99. The SMILES string of the molecule is N[C@@H]1c2cc(-n3cccc3)ccc2CC12CCN(c1ncc(Sc3cccc4c3OC(F)(F)O4)c(=O)[nH]1)CC2. The van der Waals surface area contributed by atoms with Crippen LogP contribution in [0.15, 0.2) is 81.7 Å². The smallest absolute Gasteiger partial charge is 0.395 e. The normalized spacial score (nSPS) is 20.4. The van der Waals surface area contributed by atoms with E-state index in [0.29, 0.717) is 23.9 Å². The number of aromatic amines is 1. The van der Waals surface area contributed by atoms with E-state index in [1.54, 1.807) is 12.1 Å². The van der Waals surface area contributed by atoms with Crippen LogP contribution in [-0.2, 0) is 6.42 Å². The average Bonchev–Trinajstić information content (AvgIpc) is 3.63. The topological polar surface area (TPSA) is 98.4 Å². The fraction of sp³-hybridized carbons (Fsp3) is 0.286. The van der Waals surface area contributed by atoms with Crippen molar-refractivity contribution in [3.05, 3.63) is 88.6 Å². The van der Waals surface area contributed by atoms with E-state index >= 15 is 0 Å². The number of anilines is 1. The lowest BCUT2D eigenvalue weighted by molar-refractivity contribution is -0.287. The maximum absolute atomic E-state index is 13.5. The van der Waals surface area contributed by atoms with Gasteiger partial charge in [0, 0.05) is 37.2 Å². The van der Waals surface area contributed by atoms with E-state index in [2.05, 4.69) is 47.1 Å². The van der Waals surface area contributed by atoms with Gasteiger partial charge < -0.3 is 24.7 Å². The van der Waals surface area contributed by atoms with Crippen LogP contribution in [0, 0.1) is 5.41 Å². The van der Waals surface area contributed by atoms with Crippen LogP contribution in [0.1, 0.15) is 30.0 Å². The molecule has 0 unspecified atom stereocenters. The first-order valence-electron chi connectivity index (χ1n) is 12.7. The maximum Gasteiger partial charge on any atom is 0.586 e.